The molecule has 1 aliphatic rings. The van der Waals surface area contributed by atoms with E-state index < -0.39 is 0 Å². The van der Waals surface area contributed by atoms with E-state index in [4.69, 9.17) is 16.3 Å². The van der Waals surface area contributed by atoms with Crippen LogP contribution in [0.4, 0.5) is 5.82 Å². The van der Waals surface area contributed by atoms with E-state index in [1.165, 1.54) is 0 Å². The summed E-state index contributed by atoms with van der Waals surface area (Å²) in [4.78, 5) is 10.3. The summed E-state index contributed by atoms with van der Waals surface area (Å²) in [6.07, 6.45) is 4.26. The largest absolute Gasteiger partial charge is 0.377 e. The van der Waals surface area contributed by atoms with Gasteiger partial charge in [0.05, 0.1) is 6.10 Å². The average Bonchev–Trinajstić information content (AvgIpc) is 2.30. The Morgan fingerprint density at radius 3 is 3.25 bits per heavy atom. The van der Waals surface area contributed by atoms with E-state index in [1.54, 1.807) is 6.20 Å². The molecule has 88 valence electrons. The van der Waals surface area contributed by atoms with Gasteiger partial charge < -0.3 is 9.64 Å². The topological polar surface area (TPSA) is 38.2 Å². The van der Waals surface area contributed by atoms with E-state index in [2.05, 4.69) is 14.9 Å². The van der Waals surface area contributed by atoms with Crippen molar-refractivity contribution in [2.75, 3.05) is 24.6 Å². The number of ether oxygens (including phenoxy) is 1. The molecular formula is C11H16ClN3O. The molecule has 4 nitrogen and oxygen atoms in total. The Morgan fingerprint density at radius 1 is 1.62 bits per heavy atom. The highest BCUT2D eigenvalue weighted by Gasteiger charge is 2.21. The summed E-state index contributed by atoms with van der Waals surface area (Å²) in [7, 11) is 0. The number of aromatic nitrogens is 2. The molecule has 1 atom stereocenters. The van der Waals surface area contributed by atoms with Crippen LogP contribution < -0.4 is 4.90 Å². The standard InChI is InChI=1S/C11H16ClN3O/c1-2-16-9-4-3-7-15(8-9)10-5-6-13-11(12)14-10/h5-6,9H,2-4,7-8H2,1H3. The van der Waals surface area contributed by atoms with Gasteiger partial charge in [0.2, 0.25) is 5.28 Å². The van der Waals surface area contributed by atoms with Crippen LogP contribution in [-0.4, -0.2) is 35.8 Å². The molecule has 1 fully saturated rings. The average molecular weight is 242 g/mol. The van der Waals surface area contributed by atoms with Crippen molar-refractivity contribution in [1.82, 2.24) is 9.97 Å². The highest BCUT2D eigenvalue weighted by Crippen LogP contribution is 2.19. The molecule has 1 saturated heterocycles. The van der Waals surface area contributed by atoms with Gasteiger partial charge in [0.1, 0.15) is 5.82 Å². The predicted molar refractivity (Wildman–Crippen MR) is 63.9 cm³/mol. The van der Waals surface area contributed by atoms with Crippen LogP contribution in [0.2, 0.25) is 5.28 Å². The highest BCUT2D eigenvalue weighted by molar-refractivity contribution is 6.28. The molecule has 0 spiro atoms. The second-order valence-electron chi connectivity index (χ2n) is 3.85. The van der Waals surface area contributed by atoms with Gasteiger partial charge in [-0.2, -0.15) is 0 Å². The molecule has 0 saturated carbocycles. The van der Waals surface area contributed by atoms with Crippen molar-refractivity contribution in [2.45, 2.75) is 25.9 Å². The van der Waals surface area contributed by atoms with Gasteiger partial charge in [0.25, 0.3) is 0 Å². The summed E-state index contributed by atoms with van der Waals surface area (Å²) in [6.45, 7) is 4.70. The summed E-state index contributed by atoms with van der Waals surface area (Å²) in [5.41, 5.74) is 0. The fraction of sp³-hybridized carbons (Fsp3) is 0.636. The van der Waals surface area contributed by atoms with E-state index >= 15 is 0 Å². The van der Waals surface area contributed by atoms with Gasteiger partial charge in [-0.25, -0.2) is 9.97 Å². The van der Waals surface area contributed by atoms with Crippen LogP contribution in [-0.2, 0) is 4.74 Å². The molecule has 0 radical (unpaired) electrons. The number of hydrogen-bond acceptors (Lipinski definition) is 4. The van der Waals surface area contributed by atoms with E-state index in [0.717, 1.165) is 38.4 Å². The van der Waals surface area contributed by atoms with Gasteiger partial charge in [-0.1, -0.05) is 0 Å². The molecule has 2 heterocycles. The first-order valence-corrected chi connectivity index (χ1v) is 6.02. The maximum absolute atomic E-state index is 5.78. The van der Waals surface area contributed by atoms with Crippen molar-refractivity contribution in [3.8, 4) is 0 Å². The van der Waals surface area contributed by atoms with Gasteiger partial charge in [-0.05, 0) is 37.4 Å². The fourth-order valence-electron chi connectivity index (χ4n) is 2.02. The summed E-state index contributed by atoms with van der Waals surface area (Å²) < 4.78 is 5.65. The zero-order valence-electron chi connectivity index (χ0n) is 9.40. The predicted octanol–water partition coefficient (Wildman–Crippen LogP) is 2.14. The number of halogens is 1. The Balaban J connectivity index is 2.03. The number of rotatable bonds is 3. The Morgan fingerprint density at radius 2 is 2.50 bits per heavy atom. The van der Waals surface area contributed by atoms with Gasteiger partial charge in [-0.3, -0.25) is 0 Å². The Labute approximate surface area is 101 Å². The summed E-state index contributed by atoms with van der Waals surface area (Å²) in [6, 6.07) is 1.89. The molecule has 2 rings (SSSR count). The van der Waals surface area contributed by atoms with Crippen molar-refractivity contribution in [3.63, 3.8) is 0 Å². The third-order valence-electron chi connectivity index (χ3n) is 2.72. The second kappa shape index (κ2) is 5.46. The normalized spacial score (nSPS) is 21.1. The SMILES string of the molecule is CCOC1CCCN(c2ccnc(Cl)n2)C1. The smallest absolute Gasteiger partial charge is 0.224 e. The van der Waals surface area contributed by atoms with Crippen LogP contribution in [0.5, 0.6) is 0 Å². The van der Waals surface area contributed by atoms with Crippen molar-refractivity contribution >= 4 is 17.4 Å². The lowest BCUT2D eigenvalue weighted by molar-refractivity contribution is 0.0525. The summed E-state index contributed by atoms with van der Waals surface area (Å²) in [5.74, 6) is 0.893. The molecule has 1 aromatic rings. The number of piperidine rings is 1. The molecule has 5 heteroatoms. The van der Waals surface area contributed by atoms with Crippen molar-refractivity contribution in [3.05, 3.63) is 17.5 Å². The minimum atomic E-state index is 0.302. The molecule has 1 aliphatic heterocycles. The van der Waals surface area contributed by atoms with Crippen molar-refractivity contribution in [1.29, 1.82) is 0 Å². The van der Waals surface area contributed by atoms with Crippen LogP contribution >= 0.6 is 11.6 Å². The van der Waals surface area contributed by atoms with E-state index in [-0.39, 0.29) is 0 Å². The maximum atomic E-state index is 5.78. The molecule has 0 aromatic carbocycles. The van der Waals surface area contributed by atoms with Crippen LogP contribution in [0.25, 0.3) is 0 Å². The molecule has 1 aromatic heterocycles. The third kappa shape index (κ3) is 2.83. The molecule has 0 amide bonds. The third-order valence-corrected chi connectivity index (χ3v) is 2.90. The Bertz CT molecular complexity index is 346. The second-order valence-corrected chi connectivity index (χ2v) is 4.19. The summed E-state index contributed by atoms with van der Waals surface area (Å²) >= 11 is 5.78. The molecule has 0 aliphatic carbocycles. The zero-order valence-corrected chi connectivity index (χ0v) is 10.2. The highest BCUT2D eigenvalue weighted by atomic mass is 35.5. The zero-order chi connectivity index (χ0) is 11.4. The molecule has 1 unspecified atom stereocenters. The quantitative estimate of drug-likeness (QED) is 0.760. The minimum absolute atomic E-state index is 0.302. The first kappa shape index (κ1) is 11.6. The first-order chi connectivity index (χ1) is 7.79. The lowest BCUT2D eigenvalue weighted by Crippen LogP contribution is -2.40. The van der Waals surface area contributed by atoms with E-state index in [0.29, 0.717) is 11.4 Å². The van der Waals surface area contributed by atoms with Crippen molar-refractivity contribution in [2.24, 2.45) is 0 Å². The number of hydrogen-bond donors (Lipinski definition) is 0. The molecule has 0 N–H and O–H groups in total. The van der Waals surface area contributed by atoms with E-state index in [1.807, 2.05) is 13.0 Å². The summed E-state index contributed by atoms with van der Waals surface area (Å²) in [5, 5.41) is 0.302. The maximum Gasteiger partial charge on any atom is 0.224 e. The van der Waals surface area contributed by atoms with E-state index in [9.17, 15) is 0 Å². The lowest BCUT2D eigenvalue weighted by Gasteiger charge is -2.33. The number of anilines is 1. The number of nitrogens with zero attached hydrogens (tertiary/aromatic N) is 3. The van der Waals surface area contributed by atoms with Gasteiger partial charge in [-0.15, -0.1) is 0 Å². The minimum Gasteiger partial charge on any atom is -0.377 e. The lowest BCUT2D eigenvalue weighted by atomic mass is 10.1. The van der Waals surface area contributed by atoms with Crippen LogP contribution in [0.15, 0.2) is 12.3 Å². The Hall–Kier alpha value is -0.870. The first-order valence-electron chi connectivity index (χ1n) is 5.64. The molecule has 0 bridgehead atoms. The monoisotopic (exact) mass is 241 g/mol. The molecule has 16 heavy (non-hydrogen) atoms. The van der Waals surface area contributed by atoms with Gasteiger partial charge in [0, 0.05) is 25.9 Å². The van der Waals surface area contributed by atoms with Crippen LogP contribution in [0.1, 0.15) is 19.8 Å². The van der Waals surface area contributed by atoms with Crippen LogP contribution in [0, 0.1) is 0 Å². The fourth-order valence-corrected chi connectivity index (χ4v) is 2.16. The van der Waals surface area contributed by atoms with Gasteiger partial charge >= 0.3 is 0 Å². The van der Waals surface area contributed by atoms with Crippen molar-refractivity contribution < 1.29 is 4.74 Å². The van der Waals surface area contributed by atoms with Gasteiger partial charge in [0.15, 0.2) is 0 Å². The Kier molecular flexibility index (Phi) is 3.96. The van der Waals surface area contributed by atoms with Crippen LogP contribution in [0.3, 0.4) is 0 Å². The molecular weight excluding hydrogens is 226 g/mol.